The third kappa shape index (κ3) is 3.35. The smallest absolute Gasteiger partial charge is 0.247 e. The molecular formula is C13Cl4F20O2. The van der Waals surface area contributed by atoms with Crippen molar-refractivity contribution in [3.63, 3.8) is 0 Å². The van der Waals surface area contributed by atoms with Crippen LogP contribution in [0.3, 0.4) is 0 Å². The minimum absolute atomic E-state index is 1.72. The predicted octanol–water partition coefficient (Wildman–Crippen LogP) is 8.36. The van der Waals surface area contributed by atoms with Gasteiger partial charge in [-0.2, -0.15) is 61.5 Å². The molecule has 0 aromatic heterocycles. The fraction of sp³-hybridized carbons (Fsp3) is 1.00. The fourth-order valence-corrected chi connectivity index (χ4v) is 4.16. The lowest BCUT2D eigenvalue weighted by Crippen LogP contribution is -2.85. The molecule has 0 aromatic carbocycles. The maximum atomic E-state index is 14.6. The molecule has 0 saturated heterocycles. The Balaban J connectivity index is 2.80. The summed E-state index contributed by atoms with van der Waals surface area (Å²) < 4.78 is 282. The van der Waals surface area contributed by atoms with Gasteiger partial charge in [0.05, 0.1) is 0 Å². The molecule has 2 aliphatic carbocycles. The highest BCUT2D eigenvalue weighted by Gasteiger charge is 3.03. The van der Waals surface area contributed by atoms with Crippen LogP contribution in [0, 0.1) is 0 Å². The molecule has 2 saturated carbocycles. The molecule has 0 aromatic rings. The zero-order valence-electron chi connectivity index (χ0n) is 16.4. The van der Waals surface area contributed by atoms with E-state index in [-0.39, 0.29) is 0 Å². The van der Waals surface area contributed by atoms with Crippen molar-refractivity contribution in [3.05, 3.63) is 0 Å². The molecule has 6 atom stereocenters. The molecule has 0 amide bonds. The Morgan fingerprint density at radius 3 is 0.744 bits per heavy atom. The molecule has 2 aliphatic rings. The second kappa shape index (κ2) is 7.98. The zero-order chi connectivity index (χ0) is 31.9. The number of rotatable bonds is 4. The SMILES string of the molecule is FC(F)(OC1(F)C(F)(F)C(F)(F)C(F)(Cl)C(F)(F)C1(F)Cl)OC1(F)C(F)(F)C(F)(F)C(F)(Cl)C(F)(F)C1(F)Cl. The van der Waals surface area contributed by atoms with E-state index in [0.717, 1.165) is 0 Å². The van der Waals surface area contributed by atoms with Crippen molar-refractivity contribution in [2.24, 2.45) is 0 Å². The number of hydrogen-bond acceptors (Lipinski definition) is 2. The molecule has 2 nitrogen and oxygen atoms in total. The summed E-state index contributed by atoms with van der Waals surface area (Å²) >= 11 is 15.4. The first kappa shape index (κ1) is 34.9. The van der Waals surface area contributed by atoms with Crippen LogP contribution in [0.15, 0.2) is 0 Å². The van der Waals surface area contributed by atoms with E-state index in [0.29, 0.717) is 0 Å². The monoisotopic (exact) mass is 708 g/mol. The molecule has 6 unspecified atom stereocenters. The highest BCUT2D eigenvalue weighted by Crippen LogP contribution is 2.74. The summed E-state index contributed by atoms with van der Waals surface area (Å²) in [5.41, 5.74) is 0. The maximum Gasteiger partial charge on any atom is 0.491 e. The van der Waals surface area contributed by atoms with E-state index >= 15 is 0 Å². The van der Waals surface area contributed by atoms with Gasteiger partial charge in [-0.15, -0.1) is 8.78 Å². The van der Waals surface area contributed by atoms with E-state index in [1.807, 2.05) is 0 Å². The van der Waals surface area contributed by atoms with Gasteiger partial charge in [-0.3, -0.25) is 0 Å². The lowest BCUT2D eigenvalue weighted by Gasteiger charge is -2.55. The van der Waals surface area contributed by atoms with Crippen LogP contribution in [-0.2, 0) is 9.47 Å². The summed E-state index contributed by atoms with van der Waals surface area (Å²) in [6.07, 6.45) is -7.83. The molecule has 39 heavy (non-hydrogen) atoms. The van der Waals surface area contributed by atoms with E-state index in [4.69, 9.17) is 0 Å². The second-order valence-corrected chi connectivity index (χ2v) is 9.69. The molecular weight excluding hydrogens is 710 g/mol. The Hall–Kier alpha value is -0.320. The minimum atomic E-state index is -7.92. The summed E-state index contributed by atoms with van der Waals surface area (Å²) in [6.45, 7) is 0. The highest BCUT2D eigenvalue weighted by molar-refractivity contribution is 6.29. The molecule has 2 rings (SSSR count). The third-order valence-corrected chi connectivity index (χ3v) is 7.20. The average Bonchev–Trinajstić information content (AvgIpc) is 2.69. The first-order valence-corrected chi connectivity index (χ1v) is 9.86. The first-order valence-electron chi connectivity index (χ1n) is 8.35. The lowest BCUT2D eigenvalue weighted by molar-refractivity contribution is -0.568. The topological polar surface area (TPSA) is 18.5 Å². The molecule has 26 heteroatoms. The Labute approximate surface area is 218 Å². The molecule has 0 bridgehead atoms. The van der Waals surface area contributed by atoms with Crippen molar-refractivity contribution in [1.82, 2.24) is 0 Å². The van der Waals surface area contributed by atoms with Gasteiger partial charge >= 0.3 is 74.1 Å². The highest BCUT2D eigenvalue weighted by atomic mass is 35.5. The number of ether oxygens (including phenoxy) is 2. The summed E-state index contributed by atoms with van der Waals surface area (Å²) in [6, 6.07) is 0. The van der Waals surface area contributed by atoms with Crippen molar-refractivity contribution in [3.8, 4) is 0 Å². The minimum Gasteiger partial charge on any atom is -0.247 e. The summed E-state index contributed by atoms with van der Waals surface area (Å²) in [4.78, 5) is 0. The predicted molar refractivity (Wildman–Crippen MR) is 83.2 cm³/mol. The maximum absolute atomic E-state index is 14.6. The van der Waals surface area contributed by atoms with Crippen LogP contribution >= 0.6 is 46.4 Å². The summed E-state index contributed by atoms with van der Waals surface area (Å²) in [5, 5.41) is -28.2. The molecule has 0 spiro atoms. The van der Waals surface area contributed by atoms with Crippen LogP contribution in [0.2, 0.25) is 0 Å². The van der Waals surface area contributed by atoms with Crippen LogP contribution < -0.4 is 0 Å². The quantitative estimate of drug-likeness (QED) is 0.166. The van der Waals surface area contributed by atoms with Gasteiger partial charge in [-0.05, 0) is 0 Å². The van der Waals surface area contributed by atoms with Crippen molar-refractivity contribution in [2.45, 2.75) is 74.1 Å². The number of alkyl halides is 24. The van der Waals surface area contributed by atoms with Crippen molar-refractivity contribution < 1.29 is 97.3 Å². The van der Waals surface area contributed by atoms with E-state index in [2.05, 4.69) is 46.4 Å². The Bertz CT molecular complexity index is 887. The lowest BCUT2D eigenvalue weighted by atomic mass is 9.80. The molecule has 0 aliphatic heterocycles. The van der Waals surface area contributed by atoms with Gasteiger partial charge in [0.25, 0.3) is 0 Å². The molecule has 232 valence electrons. The van der Waals surface area contributed by atoms with Crippen molar-refractivity contribution in [2.75, 3.05) is 0 Å². The molecule has 0 heterocycles. The van der Waals surface area contributed by atoms with Gasteiger partial charge in [0.2, 0.25) is 0 Å². The van der Waals surface area contributed by atoms with Gasteiger partial charge in [-0.25, -0.2) is 27.0 Å². The van der Waals surface area contributed by atoms with Gasteiger partial charge in [0, 0.05) is 0 Å². The summed E-state index contributed by atoms with van der Waals surface area (Å²) in [7, 11) is 0. The Morgan fingerprint density at radius 1 is 0.333 bits per heavy atom. The van der Waals surface area contributed by atoms with E-state index in [9.17, 15) is 87.8 Å². The van der Waals surface area contributed by atoms with E-state index < -0.39 is 74.1 Å². The largest absolute Gasteiger partial charge is 0.491 e. The van der Waals surface area contributed by atoms with Crippen LogP contribution in [0.5, 0.6) is 0 Å². The van der Waals surface area contributed by atoms with Gasteiger partial charge < -0.3 is 0 Å². The first-order chi connectivity index (χ1) is 16.4. The van der Waals surface area contributed by atoms with Gasteiger partial charge in [0.1, 0.15) is 0 Å². The van der Waals surface area contributed by atoms with Crippen LogP contribution in [0.1, 0.15) is 0 Å². The normalized spacial score (nSPS) is 48.0. The Kier molecular flexibility index (Phi) is 7.14. The Morgan fingerprint density at radius 2 is 0.538 bits per heavy atom. The average molecular weight is 710 g/mol. The zero-order valence-corrected chi connectivity index (χ0v) is 19.4. The van der Waals surface area contributed by atoms with Crippen molar-refractivity contribution >= 4 is 46.4 Å². The third-order valence-electron chi connectivity index (χ3n) is 5.29. The van der Waals surface area contributed by atoms with E-state index in [1.165, 1.54) is 0 Å². The molecule has 2 fully saturated rings. The van der Waals surface area contributed by atoms with E-state index in [1.54, 1.807) is 9.47 Å². The van der Waals surface area contributed by atoms with Gasteiger partial charge in [0.15, 0.2) is 0 Å². The second-order valence-electron chi connectivity index (χ2n) is 7.60. The fourth-order valence-electron chi connectivity index (χ4n) is 2.99. The van der Waals surface area contributed by atoms with Crippen LogP contribution in [0.4, 0.5) is 87.8 Å². The van der Waals surface area contributed by atoms with Gasteiger partial charge in [-0.1, -0.05) is 46.4 Å². The van der Waals surface area contributed by atoms with Crippen LogP contribution in [0.25, 0.3) is 0 Å². The molecule has 0 radical (unpaired) electrons. The standard InChI is InChI=1S/C13Cl4F20O2/c14-1(18)5(22,23)3(16,20)11(34,9(30,31)7(1,26)27)38-13(36,37)39-12(35)4(17,21)6(24,25)2(15,19)8(28,29)10(12,32)33. The van der Waals surface area contributed by atoms with Crippen molar-refractivity contribution in [1.29, 1.82) is 0 Å². The molecule has 0 N–H and O–H groups in total. The number of halogens is 24. The van der Waals surface area contributed by atoms with Crippen LogP contribution in [-0.4, -0.2) is 74.1 Å². The summed E-state index contributed by atoms with van der Waals surface area (Å²) in [5.74, 6) is -61.6. The number of hydrogen-bond donors (Lipinski definition) is 0.